The van der Waals surface area contributed by atoms with Crippen LogP contribution in [-0.2, 0) is 9.59 Å². The Bertz CT molecular complexity index is 417. The number of hydrogen-bond acceptors (Lipinski definition) is 3. The van der Waals surface area contributed by atoms with E-state index in [1.165, 1.54) is 5.56 Å². The molecule has 18 heavy (non-hydrogen) atoms. The lowest BCUT2D eigenvalue weighted by molar-refractivity contribution is -0.133. The van der Waals surface area contributed by atoms with Crippen molar-refractivity contribution >= 4 is 23.6 Å². The molecule has 1 atom stereocenters. The summed E-state index contributed by atoms with van der Waals surface area (Å²) in [7, 11) is 0. The van der Waals surface area contributed by atoms with E-state index in [2.05, 4.69) is 5.32 Å². The summed E-state index contributed by atoms with van der Waals surface area (Å²) in [6.07, 6.45) is 0. The molecule has 1 aromatic rings. The number of carboxylic acid groups (broad SMARTS) is 1. The summed E-state index contributed by atoms with van der Waals surface area (Å²) in [6.45, 7) is 3.92. The second-order valence-electron chi connectivity index (χ2n) is 4.09. The van der Waals surface area contributed by atoms with Crippen LogP contribution >= 0.6 is 11.8 Å². The van der Waals surface area contributed by atoms with Gasteiger partial charge in [0, 0.05) is 0 Å². The van der Waals surface area contributed by atoms with E-state index in [1.807, 2.05) is 38.1 Å². The second-order valence-corrected chi connectivity index (χ2v) is 5.07. The van der Waals surface area contributed by atoms with Crippen LogP contribution in [0, 0.1) is 6.92 Å². The Morgan fingerprint density at radius 2 is 1.89 bits per heavy atom. The van der Waals surface area contributed by atoms with Crippen LogP contribution in [0.25, 0.3) is 0 Å². The first-order valence-corrected chi connectivity index (χ1v) is 6.80. The number of amides is 1. The second kappa shape index (κ2) is 7.06. The summed E-state index contributed by atoms with van der Waals surface area (Å²) in [5.41, 5.74) is 2.21. The van der Waals surface area contributed by atoms with E-state index >= 15 is 0 Å². The normalized spacial score (nSPS) is 11.9. The van der Waals surface area contributed by atoms with Crippen molar-refractivity contribution in [2.75, 3.05) is 11.5 Å². The average molecular weight is 267 g/mol. The summed E-state index contributed by atoms with van der Waals surface area (Å²) in [5, 5.41) is 11.3. The first-order valence-electron chi connectivity index (χ1n) is 5.64. The molecule has 0 fully saturated rings. The predicted molar refractivity (Wildman–Crippen MR) is 72.7 cm³/mol. The average Bonchev–Trinajstić information content (AvgIpc) is 2.29. The van der Waals surface area contributed by atoms with Gasteiger partial charge in [-0.3, -0.25) is 9.59 Å². The van der Waals surface area contributed by atoms with Crippen molar-refractivity contribution in [2.24, 2.45) is 0 Å². The van der Waals surface area contributed by atoms with Gasteiger partial charge in [0.25, 0.3) is 0 Å². The van der Waals surface area contributed by atoms with Gasteiger partial charge in [-0.15, -0.1) is 11.8 Å². The molecule has 1 aromatic carbocycles. The van der Waals surface area contributed by atoms with Gasteiger partial charge in [-0.05, 0) is 19.4 Å². The maximum Gasteiger partial charge on any atom is 0.313 e. The third-order valence-electron chi connectivity index (χ3n) is 2.41. The van der Waals surface area contributed by atoms with E-state index in [-0.39, 0.29) is 23.5 Å². The minimum Gasteiger partial charge on any atom is -0.481 e. The van der Waals surface area contributed by atoms with Crippen LogP contribution in [0.1, 0.15) is 24.1 Å². The van der Waals surface area contributed by atoms with Gasteiger partial charge in [-0.1, -0.05) is 29.8 Å². The highest BCUT2D eigenvalue weighted by Crippen LogP contribution is 2.13. The Kier molecular flexibility index (Phi) is 5.71. The number of benzene rings is 1. The van der Waals surface area contributed by atoms with Gasteiger partial charge < -0.3 is 10.4 Å². The lowest BCUT2D eigenvalue weighted by atomic mass is 10.1. The van der Waals surface area contributed by atoms with E-state index in [0.29, 0.717) is 0 Å². The Labute approximate surface area is 111 Å². The zero-order valence-corrected chi connectivity index (χ0v) is 11.3. The molecule has 0 bridgehead atoms. The highest BCUT2D eigenvalue weighted by Gasteiger charge is 2.09. The first kappa shape index (κ1) is 14.6. The highest BCUT2D eigenvalue weighted by atomic mass is 32.2. The Morgan fingerprint density at radius 3 is 2.44 bits per heavy atom. The molecule has 0 spiro atoms. The number of nitrogens with one attached hydrogen (secondary N) is 1. The zero-order chi connectivity index (χ0) is 13.5. The monoisotopic (exact) mass is 267 g/mol. The summed E-state index contributed by atoms with van der Waals surface area (Å²) < 4.78 is 0. The molecular formula is C13H17NO3S. The van der Waals surface area contributed by atoms with E-state index < -0.39 is 5.97 Å². The number of rotatable bonds is 6. The number of carbonyl (C=O) groups excluding carboxylic acids is 1. The number of carboxylic acids is 1. The Morgan fingerprint density at radius 1 is 1.28 bits per heavy atom. The highest BCUT2D eigenvalue weighted by molar-refractivity contribution is 8.00. The molecule has 0 aromatic heterocycles. The Balaban J connectivity index is 2.39. The molecule has 0 aliphatic heterocycles. The summed E-state index contributed by atoms with van der Waals surface area (Å²) in [4.78, 5) is 21.9. The van der Waals surface area contributed by atoms with E-state index in [9.17, 15) is 9.59 Å². The third-order valence-corrected chi connectivity index (χ3v) is 3.33. The van der Waals surface area contributed by atoms with Crippen molar-refractivity contribution < 1.29 is 14.7 Å². The lowest BCUT2D eigenvalue weighted by Gasteiger charge is -2.14. The van der Waals surface area contributed by atoms with E-state index in [1.54, 1.807) is 0 Å². The minimum absolute atomic E-state index is 0.0493. The van der Waals surface area contributed by atoms with Gasteiger partial charge in [-0.2, -0.15) is 0 Å². The summed E-state index contributed by atoms with van der Waals surface area (Å²) in [5.74, 6) is -0.928. The quantitative estimate of drug-likeness (QED) is 0.827. The molecule has 1 rings (SSSR count). The molecule has 0 unspecified atom stereocenters. The maximum atomic E-state index is 11.6. The van der Waals surface area contributed by atoms with Crippen LogP contribution < -0.4 is 5.32 Å². The predicted octanol–water partition coefficient (Wildman–Crippen LogP) is 1.99. The number of thioether (sulfide) groups is 1. The molecule has 2 N–H and O–H groups in total. The van der Waals surface area contributed by atoms with Crippen molar-refractivity contribution in [3.8, 4) is 0 Å². The van der Waals surface area contributed by atoms with Crippen LogP contribution in [-0.4, -0.2) is 28.5 Å². The standard InChI is InChI=1S/C13H17NO3S/c1-9-3-5-11(6-4-9)10(2)14-12(15)7-18-8-13(16)17/h3-6,10H,7-8H2,1-2H3,(H,14,15)(H,16,17)/t10-/m1/s1. The maximum absolute atomic E-state index is 11.6. The molecule has 0 saturated heterocycles. The summed E-state index contributed by atoms with van der Waals surface area (Å²) in [6, 6.07) is 7.88. The molecule has 0 heterocycles. The number of hydrogen-bond donors (Lipinski definition) is 2. The van der Waals surface area contributed by atoms with Crippen LogP contribution in [0.4, 0.5) is 0 Å². The molecule has 0 radical (unpaired) electrons. The van der Waals surface area contributed by atoms with Gasteiger partial charge in [-0.25, -0.2) is 0 Å². The van der Waals surface area contributed by atoms with Crippen molar-refractivity contribution in [3.63, 3.8) is 0 Å². The van der Waals surface area contributed by atoms with Gasteiger partial charge in [0.2, 0.25) is 5.91 Å². The third kappa shape index (κ3) is 5.23. The number of aryl methyl sites for hydroxylation is 1. The van der Waals surface area contributed by atoms with Crippen LogP contribution in [0.15, 0.2) is 24.3 Å². The number of aliphatic carboxylic acids is 1. The first-order chi connectivity index (χ1) is 8.49. The minimum atomic E-state index is -0.903. The smallest absolute Gasteiger partial charge is 0.313 e. The van der Waals surface area contributed by atoms with Crippen molar-refractivity contribution in [1.29, 1.82) is 0 Å². The van der Waals surface area contributed by atoms with Gasteiger partial charge in [0.15, 0.2) is 0 Å². The molecule has 5 heteroatoms. The zero-order valence-electron chi connectivity index (χ0n) is 10.5. The molecule has 0 saturated carbocycles. The van der Waals surface area contributed by atoms with Gasteiger partial charge >= 0.3 is 5.97 Å². The van der Waals surface area contributed by atoms with Crippen LogP contribution in [0.2, 0.25) is 0 Å². The number of carbonyl (C=O) groups is 2. The van der Waals surface area contributed by atoms with Gasteiger partial charge in [0.1, 0.15) is 0 Å². The SMILES string of the molecule is Cc1ccc([C@@H](C)NC(=O)CSCC(=O)O)cc1. The molecule has 1 amide bonds. The van der Waals surface area contributed by atoms with Crippen LogP contribution in [0.5, 0.6) is 0 Å². The van der Waals surface area contributed by atoms with Crippen molar-refractivity contribution in [2.45, 2.75) is 19.9 Å². The molecule has 98 valence electrons. The van der Waals surface area contributed by atoms with E-state index in [4.69, 9.17) is 5.11 Å². The molecule has 0 aliphatic rings. The molecule has 0 aliphatic carbocycles. The fraction of sp³-hybridized carbons (Fsp3) is 0.385. The largest absolute Gasteiger partial charge is 0.481 e. The van der Waals surface area contributed by atoms with Gasteiger partial charge in [0.05, 0.1) is 17.5 Å². The topological polar surface area (TPSA) is 66.4 Å². The lowest BCUT2D eigenvalue weighted by Crippen LogP contribution is -2.28. The molecule has 4 nitrogen and oxygen atoms in total. The fourth-order valence-corrected chi connectivity index (χ4v) is 2.00. The molecular weight excluding hydrogens is 250 g/mol. The van der Waals surface area contributed by atoms with Crippen LogP contribution in [0.3, 0.4) is 0 Å². The van der Waals surface area contributed by atoms with Crippen molar-refractivity contribution in [1.82, 2.24) is 5.32 Å². The van der Waals surface area contributed by atoms with Crippen molar-refractivity contribution in [3.05, 3.63) is 35.4 Å². The fourth-order valence-electron chi connectivity index (χ4n) is 1.45. The van der Waals surface area contributed by atoms with E-state index in [0.717, 1.165) is 17.3 Å². The Hall–Kier alpha value is -1.49. The summed E-state index contributed by atoms with van der Waals surface area (Å²) >= 11 is 1.10.